The quantitative estimate of drug-likeness (QED) is 0.639. The molecule has 0 saturated carbocycles. The molecule has 6 heteroatoms. The van der Waals surface area contributed by atoms with Crippen LogP contribution in [0.25, 0.3) is 0 Å². The van der Waals surface area contributed by atoms with Gasteiger partial charge in [-0.05, 0) is 20.3 Å². The number of hydrogen-bond donors (Lipinski definition) is 1. The minimum atomic E-state index is -0.561. The number of nitrogens with one attached hydrogen (secondary N) is 1. The fraction of sp³-hybridized carbons (Fsp3) is 0.500. The van der Waals surface area contributed by atoms with Gasteiger partial charge in [-0.3, -0.25) is 10.1 Å². The Hall–Kier alpha value is -2.16. The zero-order chi connectivity index (χ0) is 13.8. The minimum absolute atomic E-state index is 0.176. The van der Waals surface area contributed by atoms with Crippen LogP contribution in [0.2, 0.25) is 0 Å². The zero-order valence-electron chi connectivity index (χ0n) is 10.7. The van der Waals surface area contributed by atoms with Gasteiger partial charge < -0.3 is 5.32 Å². The molecule has 0 atom stereocenters. The molecule has 6 nitrogen and oxygen atoms in total. The average molecular weight is 248 g/mol. The predicted molar refractivity (Wildman–Crippen MR) is 68.2 cm³/mol. The number of aromatic nitrogens is 1. The molecule has 96 valence electrons. The third-order valence-electron chi connectivity index (χ3n) is 2.54. The molecule has 0 radical (unpaired) electrons. The van der Waals surface area contributed by atoms with Crippen molar-refractivity contribution in [3.05, 3.63) is 27.9 Å². The summed E-state index contributed by atoms with van der Waals surface area (Å²) < 4.78 is 0. The molecule has 0 spiro atoms. The van der Waals surface area contributed by atoms with Gasteiger partial charge in [0.1, 0.15) is 23.6 Å². The smallest absolute Gasteiger partial charge is 0.289 e. The molecule has 0 aliphatic rings. The highest BCUT2D eigenvalue weighted by Gasteiger charge is 2.20. The summed E-state index contributed by atoms with van der Waals surface area (Å²) in [5.41, 5.74) is -0.192. The lowest BCUT2D eigenvalue weighted by Gasteiger charge is -2.26. The summed E-state index contributed by atoms with van der Waals surface area (Å²) in [6.45, 7) is 6.07. The van der Waals surface area contributed by atoms with Crippen LogP contribution in [0, 0.1) is 21.4 Å². The van der Waals surface area contributed by atoms with Gasteiger partial charge in [0.05, 0.1) is 4.92 Å². The maximum absolute atomic E-state index is 10.6. The molecular weight excluding hydrogens is 232 g/mol. The van der Waals surface area contributed by atoms with Crippen molar-refractivity contribution in [1.82, 2.24) is 4.98 Å². The first-order valence-electron chi connectivity index (χ1n) is 5.72. The third-order valence-corrected chi connectivity index (χ3v) is 2.54. The monoisotopic (exact) mass is 248 g/mol. The van der Waals surface area contributed by atoms with Gasteiger partial charge in [0, 0.05) is 11.6 Å². The van der Waals surface area contributed by atoms with E-state index in [0.29, 0.717) is 5.82 Å². The summed E-state index contributed by atoms with van der Waals surface area (Å²) in [4.78, 5) is 14.0. The largest absolute Gasteiger partial charge is 0.364 e. The Balaban J connectivity index is 3.04. The van der Waals surface area contributed by atoms with E-state index in [2.05, 4.69) is 17.2 Å². The summed E-state index contributed by atoms with van der Waals surface area (Å²) in [5.74, 6) is 0.390. The van der Waals surface area contributed by atoms with Crippen molar-refractivity contribution < 1.29 is 4.92 Å². The molecule has 0 amide bonds. The SMILES string of the molecule is CCCC(C)(C)Nc1ncc([N+](=O)[O-])cc1C#N. The van der Waals surface area contributed by atoms with Gasteiger partial charge in [0.2, 0.25) is 0 Å². The summed E-state index contributed by atoms with van der Waals surface area (Å²) in [6, 6.07) is 3.16. The van der Waals surface area contributed by atoms with Crippen LogP contribution in [0.5, 0.6) is 0 Å². The second-order valence-corrected chi connectivity index (χ2v) is 4.72. The van der Waals surface area contributed by atoms with Gasteiger partial charge in [0.25, 0.3) is 5.69 Å². The maximum Gasteiger partial charge on any atom is 0.289 e. The fourth-order valence-corrected chi connectivity index (χ4v) is 1.75. The first-order valence-corrected chi connectivity index (χ1v) is 5.72. The van der Waals surface area contributed by atoms with E-state index in [1.807, 2.05) is 19.9 Å². The number of nitriles is 1. The van der Waals surface area contributed by atoms with Gasteiger partial charge >= 0.3 is 0 Å². The average Bonchev–Trinajstić information content (AvgIpc) is 2.28. The molecule has 0 aliphatic carbocycles. The molecule has 1 heterocycles. The Morgan fingerprint density at radius 2 is 2.28 bits per heavy atom. The van der Waals surface area contributed by atoms with E-state index in [0.717, 1.165) is 19.0 Å². The molecular formula is C12H16N4O2. The van der Waals surface area contributed by atoms with E-state index in [1.54, 1.807) is 0 Å². The van der Waals surface area contributed by atoms with Crippen LogP contribution in [-0.4, -0.2) is 15.4 Å². The van der Waals surface area contributed by atoms with Crippen LogP contribution in [-0.2, 0) is 0 Å². The second kappa shape index (κ2) is 5.45. The molecule has 0 unspecified atom stereocenters. The van der Waals surface area contributed by atoms with E-state index >= 15 is 0 Å². The van der Waals surface area contributed by atoms with E-state index in [1.165, 1.54) is 6.07 Å². The molecule has 18 heavy (non-hydrogen) atoms. The van der Waals surface area contributed by atoms with Crippen molar-refractivity contribution in [3.8, 4) is 6.07 Å². The Bertz CT molecular complexity index is 491. The highest BCUT2D eigenvalue weighted by Crippen LogP contribution is 2.23. The molecule has 1 aromatic rings. The van der Waals surface area contributed by atoms with Gasteiger partial charge in [0.15, 0.2) is 0 Å². The Labute approximate surface area is 106 Å². The molecule has 1 N–H and O–H groups in total. The van der Waals surface area contributed by atoms with Crippen LogP contribution >= 0.6 is 0 Å². The Kier molecular flexibility index (Phi) is 4.21. The number of pyridine rings is 1. The van der Waals surface area contributed by atoms with Crippen LogP contribution in [0.3, 0.4) is 0 Å². The minimum Gasteiger partial charge on any atom is -0.364 e. The number of nitrogens with zero attached hydrogens (tertiary/aromatic N) is 3. The van der Waals surface area contributed by atoms with Crippen LogP contribution in [0.15, 0.2) is 12.3 Å². The zero-order valence-corrected chi connectivity index (χ0v) is 10.7. The highest BCUT2D eigenvalue weighted by molar-refractivity contribution is 5.56. The predicted octanol–water partition coefficient (Wildman–Crippen LogP) is 2.85. The van der Waals surface area contributed by atoms with Crippen molar-refractivity contribution in [2.45, 2.75) is 39.2 Å². The first kappa shape index (κ1) is 13.9. The van der Waals surface area contributed by atoms with Gasteiger partial charge in [-0.1, -0.05) is 13.3 Å². The molecule has 0 aliphatic heterocycles. The second-order valence-electron chi connectivity index (χ2n) is 4.72. The highest BCUT2D eigenvalue weighted by atomic mass is 16.6. The summed E-state index contributed by atoms with van der Waals surface area (Å²) in [7, 11) is 0. The van der Waals surface area contributed by atoms with Gasteiger partial charge in [-0.25, -0.2) is 4.98 Å². The molecule has 0 saturated heterocycles. The standard InChI is InChI=1S/C12H16N4O2/c1-4-5-12(2,3)15-11-9(7-13)6-10(8-14-11)16(17)18/h6,8H,4-5H2,1-3H3,(H,14,15). The lowest BCUT2D eigenvalue weighted by Crippen LogP contribution is -2.31. The van der Waals surface area contributed by atoms with Crippen molar-refractivity contribution in [3.63, 3.8) is 0 Å². The summed E-state index contributed by atoms with van der Waals surface area (Å²) in [5, 5.41) is 22.8. The summed E-state index contributed by atoms with van der Waals surface area (Å²) >= 11 is 0. The normalized spacial score (nSPS) is 10.8. The maximum atomic E-state index is 10.6. The van der Waals surface area contributed by atoms with Gasteiger partial charge in [-0.2, -0.15) is 5.26 Å². The molecule has 0 fully saturated rings. The van der Waals surface area contributed by atoms with Crippen molar-refractivity contribution >= 4 is 11.5 Å². The first-order chi connectivity index (χ1) is 8.39. The number of nitro groups is 1. The molecule has 1 aromatic heterocycles. The van der Waals surface area contributed by atoms with E-state index in [9.17, 15) is 10.1 Å². The van der Waals surface area contributed by atoms with Crippen molar-refractivity contribution in [1.29, 1.82) is 5.26 Å². The lowest BCUT2D eigenvalue weighted by atomic mass is 9.98. The Morgan fingerprint density at radius 3 is 2.78 bits per heavy atom. The number of anilines is 1. The number of hydrogen-bond acceptors (Lipinski definition) is 5. The number of rotatable bonds is 5. The van der Waals surface area contributed by atoms with Crippen molar-refractivity contribution in [2.24, 2.45) is 0 Å². The fourth-order valence-electron chi connectivity index (χ4n) is 1.75. The van der Waals surface area contributed by atoms with Crippen LogP contribution in [0.1, 0.15) is 39.2 Å². The van der Waals surface area contributed by atoms with Gasteiger partial charge in [-0.15, -0.1) is 0 Å². The van der Waals surface area contributed by atoms with Crippen LogP contribution in [0.4, 0.5) is 11.5 Å². The van der Waals surface area contributed by atoms with Crippen LogP contribution < -0.4 is 5.32 Å². The van der Waals surface area contributed by atoms with E-state index < -0.39 is 4.92 Å². The molecule has 0 bridgehead atoms. The summed E-state index contributed by atoms with van der Waals surface area (Å²) in [6.07, 6.45) is 3.07. The molecule has 0 aromatic carbocycles. The lowest BCUT2D eigenvalue weighted by molar-refractivity contribution is -0.385. The van der Waals surface area contributed by atoms with E-state index in [-0.39, 0.29) is 16.8 Å². The topological polar surface area (TPSA) is 91.8 Å². The Morgan fingerprint density at radius 1 is 1.61 bits per heavy atom. The van der Waals surface area contributed by atoms with Crippen molar-refractivity contribution in [2.75, 3.05) is 5.32 Å². The van der Waals surface area contributed by atoms with E-state index in [4.69, 9.17) is 5.26 Å². The molecule has 1 rings (SSSR count). The third kappa shape index (κ3) is 3.42.